The van der Waals surface area contributed by atoms with Crippen molar-refractivity contribution in [3.63, 3.8) is 0 Å². The summed E-state index contributed by atoms with van der Waals surface area (Å²) < 4.78 is 24.0. The zero-order chi connectivity index (χ0) is 16.7. The second-order valence-electron chi connectivity index (χ2n) is 4.90. The Morgan fingerprint density at radius 1 is 1.05 bits per heavy atom. The lowest BCUT2D eigenvalue weighted by atomic mass is 9.99. The van der Waals surface area contributed by atoms with E-state index >= 15 is 0 Å². The molecule has 0 unspecified atom stereocenters. The Balaban J connectivity index is 2.85. The molecule has 2 rings (SSSR count). The van der Waals surface area contributed by atoms with E-state index in [9.17, 15) is 13.2 Å². The van der Waals surface area contributed by atoms with Crippen molar-refractivity contribution in [2.45, 2.75) is 11.8 Å². The van der Waals surface area contributed by atoms with Crippen LogP contribution in [0.15, 0.2) is 35.2 Å². The van der Waals surface area contributed by atoms with E-state index < -0.39 is 15.8 Å². The standard InChI is InChI=1S/C15H12Cl2O4S/c1-8-3-13(9-4-10(16)6-11(17)5-9)14(22(2,20)21)7-12(8)15(18)19/h3-7H,1-2H3,(H,18,19). The molecule has 0 aliphatic heterocycles. The van der Waals surface area contributed by atoms with Crippen LogP contribution in [0.4, 0.5) is 0 Å². The van der Waals surface area contributed by atoms with E-state index in [0.717, 1.165) is 12.3 Å². The third-order valence-electron chi connectivity index (χ3n) is 3.13. The second-order valence-corrected chi connectivity index (χ2v) is 7.76. The molecule has 0 heterocycles. The fraction of sp³-hybridized carbons (Fsp3) is 0.133. The van der Waals surface area contributed by atoms with Gasteiger partial charge >= 0.3 is 5.97 Å². The van der Waals surface area contributed by atoms with E-state index in [-0.39, 0.29) is 10.5 Å². The van der Waals surface area contributed by atoms with Gasteiger partial charge in [-0.1, -0.05) is 23.2 Å². The maximum Gasteiger partial charge on any atom is 0.335 e. The molecule has 0 radical (unpaired) electrons. The lowest BCUT2D eigenvalue weighted by molar-refractivity contribution is 0.0696. The molecule has 0 aliphatic carbocycles. The Labute approximate surface area is 138 Å². The number of hydrogen-bond donors (Lipinski definition) is 1. The smallest absolute Gasteiger partial charge is 0.335 e. The number of benzene rings is 2. The number of aryl methyl sites for hydroxylation is 1. The van der Waals surface area contributed by atoms with Crippen molar-refractivity contribution in [3.05, 3.63) is 51.5 Å². The van der Waals surface area contributed by atoms with Crippen molar-refractivity contribution in [3.8, 4) is 11.1 Å². The van der Waals surface area contributed by atoms with E-state index in [1.807, 2.05) is 0 Å². The predicted octanol–water partition coefficient (Wildman–Crippen LogP) is 4.07. The molecule has 2 aromatic carbocycles. The molecule has 0 bridgehead atoms. The molecular weight excluding hydrogens is 347 g/mol. The zero-order valence-electron chi connectivity index (χ0n) is 11.7. The first-order chi connectivity index (χ1) is 10.1. The number of hydrogen-bond acceptors (Lipinski definition) is 3. The third-order valence-corrected chi connectivity index (χ3v) is 4.70. The summed E-state index contributed by atoms with van der Waals surface area (Å²) in [5.41, 5.74) is 1.27. The molecule has 0 saturated heterocycles. The summed E-state index contributed by atoms with van der Waals surface area (Å²) >= 11 is 11.9. The van der Waals surface area contributed by atoms with Gasteiger partial charge in [0.2, 0.25) is 0 Å². The van der Waals surface area contributed by atoms with Crippen LogP contribution in [0, 0.1) is 6.92 Å². The molecule has 1 N–H and O–H groups in total. The number of rotatable bonds is 3. The summed E-state index contributed by atoms with van der Waals surface area (Å²) in [7, 11) is -3.63. The molecule has 22 heavy (non-hydrogen) atoms. The van der Waals surface area contributed by atoms with Crippen molar-refractivity contribution >= 4 is 39.0 Å². The average molecular weight is 359 g/mol. The van der Waals surface area contributed by atoms with Gasteiger partial charge in [-0.05, 0) is 48.4 Å². The normalized spacial score (nSPS) is 11.5. The quantitative estimate of drug-likeness (QED) is 0.897. The Morgan fingerprint density at radius 3 is 2.05 bits per heavy atom. The van der Waals surface area contributed by atoms with Crippen LogP contribution in [0.2, 0.25) is 10.0 Å². The van der Waals surface area contributed by atoms with Gasteiger partial charge < -0.3 is 5.11 Å². The molecule has 0 spiro atoms. The monoisotopic (exact) mass is 358 g/mol. The maximum absolute atomic E-state index is 12.0. The highest BCUT2D eigenvalue weighted by atomic mass is 35.5. The molecule has 7 heteroatoms. The average Bonchev–Trinajstić information content (AvgIpc) is 2.35. The number of aromatic carboxylic acids is 1. The van der Waals surface area contributed by atoms with Crippen LogP contribution in [0.25, 0.3) is 11.1 Å². The van der Waals surface area contributed by atoms with E-state index in [1.165, 1.54) is 12.1 Å². The van der Waals surface area contributed by atoms with E-state index in [1.54, 1.807) is 19.1 Å². The fourth-order valence-electron chi connectivity index (χ4n) is 2.16. The Kier molecular flexibility index (Phi) is 4.52. The van der Waals surface area contributed by atoms with Crippen LogP contribution in [0.3, 0.4) is 0 Å². The van der Waals surface area contributed by atoms with Crippen molar-refractivity contribution in [2.75, 3.05) is 6.26 Å². The highest BCUT2D eigenvalue weighted by molar-refractivity contribution is 7.90. The van der Waals surface area contributed by atoms with Crippen molar-refractivity contribution in [1.29, 1.82) is 0 Å². The fourth-order valence-corrected chi connectivity index (χ4v) is 3.59. The summed E-state index contributed by atoms with van der Waals surface area (Å²) in [4.78, 5) is 11.1. The molecule has 116 valence electrons. The molecular formula is C15H12Cl2O4S. The third kappa shape index (κ3) is 3.43. The summed E-state index contributed by atoms with van der Waals surface area (Å²) in [6, 6.07) is 7.37. The zero-order valence-corrected chi connectivity index (χ0v) is 14.1. The highest BCUT2D eigenvalue weighted by Gasteiger charge is 2.20. The molecule has 0 fully saturated rings. The van der Waals surface area contributed by atoms with Gasteiger partial charge in [0.1, 0.15) is 0 Å². The minimum atomic E-state index is -3.63. The molecule has 0 atom stereocenters. The number of carboxylic acids is 1. The minimum absolute atomic E-state index is 0.0581. The summed E-state index contributed by atoms with van der Waals surface area (Å²) in [5, 5.41) is 9.89. The topological polar surface area (TPSA) is 71.4 Å². The number of sulfone groups is 1. The number of carboxylic acid groups (broad SMARTS) is 1. The van der Waals surface area contributed by atoms with Crippen LogP contribution in [0.1, 0.15) is 15.9 Å². The molecule has 2 aromatic rings. The van der Waals surface area contributed by atoms with Gasteiger partial charge in [0.15, 0.2) is 9.84 Å². The van der Waals surface area contributed by atoms with Crippen LogP contribution >= 0.6 is 23.2 Å². The molecule has 0 saturated carbocycles. The first kappa shape index (κ1) is 16.8. The summed E-state index contributed by atoms with van der Waals surface area (Å²) in [6.45, 7) is 1.60. The largest absolute Gasteiger partial charge is 0.478 e. The van der Waals surface area contributed by atoms with Gasteiger partial charge in [-0.25, -0.2) is 13.2 Å². The Morgan fingerprint density at radius 2 is 1.59 bits per heavy atom. The van der Waals surface area contributed by atoms with Crippen molar-refractivity contribution in [1.82, 2.24) is 0 Å². The summed E-state index contributed by atoms with van der Waals surface area (Å²) in [6.07, 6.45) is 1.03. The van der Waals surface area contributed by atoms with Crippen LogP contribution < -0.4 is 0 Å². The van der Waals surface area contributed by atoms with E-state index in [2.05, 4.69) is 0 Å². The lowest BCUT2D eigenvalue weighted by Gasteiger charge is -2.12. The maximum atomic E-state index is 12.0. The van der Waals surface area contributed by atoms with Gasteiger partial charge in [0.25, 0.3) is 0 Å². The predicted molar refractivity (Wildman–Crippen MR) is 86.7 cm³/mol. The number of carbonyl (C=O) groups is 1. The van der Waals surface area contributed by atoms with Gasteiger partial charge in [0.05, 0.1) is 10.5 Å². The number of halogens is 2. The molecule has 4 nitrogen and oxygen atoms in total. The Bertz CT molecular complexity index is 853. The van der Waals surface area contributed by atoms with Gasteiger partial charge in [-0.15, -0.1) is 0 Å². The van der Waals surface area contributed by atoms with Crippen molar-refractivity contribution in [2.24, 2.45) is 0 Å². The van der Waals surface area contributed by atoms with Crippen LogP contribution in [0.5, 0.6) is 0 Å². The molecule has 0 aromatic heterocycles. The first-order valence-corrected chi connectivity index (χ1v) is 8.79. The lowest BCUT2D eigenvalue weighted by Crippen LogP contribution is -2.06. The summed E-state index contributed by atoms with van der Waals surface area (Å²) in [5.74, 6) is -1.18. The van der Waals surface area contributed by atoms with E-state index in [0.29, 0.717) is 26.7 Å². The Hall–Kier alpha value is -1.56. The van der Waals surface area contributed by atoms with Gasteiger partial charge in [-0.2, -0.15) is 0 Å². The minimum Gasteiger partial charge on any atom is -0.478 e. The second kappa shape index (κ2) is 5.91. The SMILES string of the molecule is Cc1cc(-c2cc(Cl)cc(Cl)c2)c(S(C)(=O)=O)cc1C(=O)O. The molecule has 0 aliphatic rings. The van der Waals surface area contributed by atoms with E-state index in [4.69, 9.17) is 28.3 Å². The van der Waals surface area contributed by atoms with Crippen LogP contribution in [-0.2, 0) is 9.84 Å². The molecule has 0 amide bonds. The van der Waals surface area contributed by atoms with Gasteiger partial charge in [0, 0.05) is 21.9 Å². The van der Waals surface area contributed by atoms with Crippen molar-refractivity contribution < 1.29 is 18.3 Å². The highest BCUT2D eigenvalue weighted by Crippen LogP contribution is 2.33. The first-order valence-electron chi connectivity index (χ1n) is 6.14. The van der Waals surface area contributed by atoms with Crippen LogP contribution in [-0.4, -0.2) is 25.7 Å². The van der Waals surface area contributed by atoms with Gasteiger partial charge in [-0.3, -0.25) is 0 Å².